The minimum atomic E-state index is 0.108. The molecule has 1 aromatic carbocycles. The van der Waals surface area contributed by atoms with Gasteiger partial charge in [0, 0.05) is 37.3 Å². The second kappa shape index (κ2) is 8.40. The Labute approximate surface area is 158 Å². The maximum atomic E-state index is 5.57. The SMILES string of the molecule is CCNC(=NCC1(N(C)C)CCOCC1)NCC1(c2ccccc2)CC1. The number of benzene rings is 1. The summed E-state index contributed by atoms with van der Waals surface area (Å²) in [5.74, 6) is 0.933. The molecule has 5 nitrogen and oxygen atoms in total. The predicted octanol–water partition coefficient (Wildman–Crippen LogP) is 2.38. The van der Waals surface area contributed by atoms with Gasteiger partial charge in [-0.15, -0.1) is 0 Å². The smallest absolute Gasteiger partial charge is 0.191 e. The molecular weight excluding hydrogens is 324 g/mol. The van der Waals surface area contributed by atoms with E-state index in [2.05, 4.69) is 66.9 Å². The Hall–Kier alpha value is -1.59. The molecule has 1 aliphatic carbocycles. The van der Waals surface area contributed by atoms with E-state index in [1.165, 1.54) is 18.4 Å². The molecule has 26 heavy (non-hydrogen) atoms. The van der Waals surface area contributed by atoms with E-state index in [1.807, 2.05) is 0 Å². The van der Waals surface area contributed by atoms with Crippen molar-refractivity contribution in [3.8, 4) is 0 Å². The lowest BCUT2D eigenvalue weighted by Gasteiger charge is -2.41. The van der Waals surface area contributed by atoms with Crippen LogP contribution in [0.25, 0.3) is 0 Å². The molecule has 2 N–H and O–H groups in total. The van der Waals surface area contributed by atoms with Gasteiger partial charge in [-0.25, -0.2) is 0 Å². The number of aliphatic imine (C=N–C) groups is 1. The lowest BCUT2D eigenvalue weighted by molar-refractivity contribution is -0.00254. The summed E-state index contributed by atoms with van der Waals surface area (Å²) in [6, 6.07) is 10.9. The van der Waals surface area contributed by atoms with Gasteiger partial charge < -0.3 is 20.3 Å². The van der Waals surface area contributed by atoms with Crippen LogP contribution in [-0.2, 0) is 10.2 Å². The van der Waals surface area contributed by atoms with Gasteiger partial charge in [-0.3, -0.25) is 4.99 Å². The Morgan fingerprint density at radius 2 is 1.77 bits per heavy atom. The van der Waals surface area contributed by atoms with Crippen molar-refractivity contribution in [1.29, 1.82) is 0 Å². The van der Waals surface area contributed by atoms with Crippen LogP contribution in [0, 0.1) is 0 Å². The van der Waals surface area contributed by atoms with Crippen LogP contribution in [0.2, 0.25) is 0 Å². The average Bonchev–Trinajstić information content (AvgIpc) is 3.46. The maximum Gasteiger partial charge on any atom is 0.191 e. The molecule has 1 aliphatic heterocycles. The fourth-order valence-corrected chi connectivity index (χ4v) is 3.83. The van der Waals surface area contributed by atoms with Crippen molar-refractivity contribution in [2.24, 2.45) is 4.99 Å². The molecule has 2 fully saturated rings. The van der Waals surface area contributed by atoms with Gasteiger partial charge in [0.25, 0.3) is 0 Å². The molecule has 1 saturated heterocycles. The van der Waals surface area contributed by atoms with Gasteiger partial charge in [-0.2, -0.15) is 0 Å². The Bertz CT molecular complexity index is 589. The molecule has 2 aliphatic rings. The van der Waals surface area contributed by atoms with Crippen LogP contribution in [0.4, 0.5) is 0 Å². The number of nitrogens with one attached hydrogen (secondary N) is 2. The summed E-state index contributed by atoms with van der Waals surface area (Å²) < 4.78 is 5.57. The number of ether oxygens (including phenoxy) is 1. The Balaban J connectivity index is 1.64. The Morgan fingerprint density at radius 1 is 1.08 bits per heavy atom. The first kappa shape index (κ1) is 19.2. The molecule has 0 amide bonds. The van der Waals surface area contributed by atoms with Crippen molar-refractivity contribution in [2.75, 3.05) is 46.9 Å². The molecule has 0 aromatic heterocycles. The highest BCUT2D eigenvalue weighted by Gasteiger charge is 2.44. The van der Waals surface area contributed by atoms with Crippen molar-refractivity contribution in [3.63, 3.8) is 0 Å². The van der Waals surface area contributed by atoms with Crippen LogP contribution in [0.15, 0.2) is 35.3 Å². The van der Waals surface area contributed by atoms with E-state index in [4.69, 9.17) is 9.73 Å². The largest absolute Gasteiger partial charge is 0.381 e. The highest BCUT2D eigenvalue weighted by Crippen LogP contribution is 2.47. The van der Waals surface area contributed by atoms with Crippen LogP contribution < -0.4 is 10.6 Å². The predicted molar refractivity (Wildman–Crippen MR) is 108 cm³/mol. The van der Waals surface area contributed by atoms with E-state index in [9.17, 15) is 0 Å². The minimum Gasteiger partial charge on any atom is -0.381 e. The quantitative estimate of drug-likeness (QED) is 0.580. The lowest BCUT2D eigenvalue weighted by atomic mass is 9.89. The fourth-order valence-electron chi connectivity index (χ4n) is 3.83. The minimum absolute atomic E-state index is 0.108. The fraction of sp³-hybridized carbons (Fsp3) is 0.667. The molecule has 0 atom stereocenters. The van der Waals surface area contributed by atoms with E-state index in [1.54, 1.807) is 0 Å². The topological polar surface area (TPSA) is 48.9 Å². The van der Waals surface area contributed by atoms with Crippen molar-refractivity contribution in [1.82, 2.24) is 15.5 Å². The number of hydrogen-bond donors (Lipinski definition) is 2. The summed E-state index contributed by atoms with van der Waals surface area (Å²) in [6.45, 7) is 6.40. The van der Waals surface area contributed by atoms with Crippen molar-refractivity contribution < 1.29 is 4.74 Å². The van der Waals surface area contributed by atoms with Crippen molar-refractivity contribution in [2.45, 2.75) is 43.6 Å². The molecule has 3 rings (SSSR count). The molecule has 1 aromatic rings. The second-order valence-electron chi connectivity index (χ2n) is 7.93. The first-order valence-corrected chi connectivity index (χ1v) is 9.93. The van der Waals surface area contributed by atoms with Crippen LogP contribution in [0.1, 0.15) is 38.2 Å². The van der Waals surface area contributed by atoms with Gasteiger partial charge in [0.2, 0.25) is 0 Å². The third kappa shape index (κ3) is 4.38. The van der Waals surface area contributed by atoms with Crippen LogP contribution in [0.5, 0.6) is 0 Å². The zero-order chi connectivity index (χ0) is 18.5. The normalized spacial score (nSPS) is 21.5. The van der Waals surface area contributed by atoms with E-state index < -0.39 is 0 Å². The molecule has 1 saturated carbocycles. The Morgan fingerprint density at radius 3 is 2.35 bits per heavy atom. The lowest BCUT2D eigenvalue weighted by Crippen LogP contribution is -2.52. The van der Waals surface area contributed by atoms with Crippen molar-refractivity contribution in [3.05, 3.63) is 35.9 Å². The maximum absolute atomic E-state index is 5.57. The van der Waals surface area contributed by atoms with Gasteiger partial charge in [-0.05, 0) is 52.3 Å². The summed E-state index contributed by atoms with van der Waals surface area (Å²) >= 11 is 0. The van der Waals surface area contributed by atoms with Crippen LogP contribution in [-0.4, -0.2) is 63.3 Å². The van der Waals surface area contributed by atoms with Crippen LogP contribution >= 0.6 is 0 Å². The van der Waals surface area contributed by atoms with E-state index >= 15 is 0 Å². The number of rotatable bonds is 7. The summed E-state index contributed by atoms with van der Waals surface area (Å²) in [4.78, 5) is 7.28. The molecule has 0 bridgehead atoms. The number of guanidine groups is 1. The summed E-state index contributed by atoms with van der Waals surface area (Å²) in [7, 11) is 4.32. The summed E-state index contributed by atoms with van der Waals surface area (Å²) in [5, 5.41) is 7.03. The molecule has 0 spiro atoms. The molecular formula is C21H34N4O. The highest BCUT2D eigenvalue weighted by atomic mass is 16.5. The number of nitrogens with zero attached hydrogens (tertiary/aromatic N) is 2. The van der Waals surface area contributed by atoms with Gasteiger partial charge in [0.15, 0.2) is 5.96 Å². The third-order valence-electron chi connectivity index (χ3n) is 6.08. The molecule has 5 heteroatoms. The van der Waals surface area contributed by atoms with Gasteiger partial charge in [0.1, 0.15) is 0 Å². The van der Waals surface area contributed by atoms with E-state index in [0.717, 1.165) is 51.6 Å². The van der Waals surface area contributed by atoms with Gasteiger partial charge in [-0.1, -0.05) is 30.3 Å². The van der Waals surface area contributed by atoms with Crippen molar-refractivity contribution >= 4 is 5.96 Å². The zero-order valence-corrected chi connectivity index (χ0v) is 16.6. The second-order valence-corrected chi connectivity index (χ2v) is 7.93. The zero-order valence-electron chi connectivity index (χ0n) is 16.6. The molecule has 0 radical (unpaired) electrons. The van der Waals surface area contributed by atoms with E-state index in [-0.39, 0.29) is 11.0 Å². The monoisotopic (exact) mass is 358 g/mol. The standard InChI is InChI=1S/C21H34N4O/c1-4-22-19(24-17-21(25(2)3)12-14-26-15-13-21)23-16-20(10-11-20)18-8-6-5-7-9-18/h5-9H,4,10-17H2,1-3H3,(H2,22,23,24). The third-order valence-corrected chi connectivity index (χ3v) is 6.08. The summed E-state index contributed by atoms with van der Waals surface area (Å²) in [6.07, 6.45) is 4.58. The summed E-state index contributed by atoms with van der Waals surface area (Å²) in [5.41, 5.74) is 1.84. The number of hydrogen-bond acceptors (Lipinski definition) is 3. The molecule has 1 heterocycles. The molecule has 144 valence electrons. The molecule has 0 unspecified atom stereocenters. The van der Waals surface area contributed by atoms with Crippen LogP contribution in [0.3, 0.4) is 0 Å². The highest BCUT2D eigenvalue weighted by molar-refractivity contribution is 5.80. The van der Waals surface area contributed by atoms with E-state index in [0.29, 0.717) is 0 Å². The van der Waals surface area contributed by atoms with Gasteiger partial charge in [0.05, 0.1) is 6.54 Å². The number of likely N-dealkylation sites (N-methyl/N-ethyl adjacent to an activating group) is 1. The van der Waals surface area contributed by atoms with Gasteiger partial charge >= 0.3 is 0 Å². The first-order chi connectivity index (χ1) is 12.6. The Kier molecular flexibility index (Phi) is 6.20. The first-order valence-electron chi connectivity index (χ1n) is 9.93. The average molecular weight is 359 g/mol.